The number of primary amides is 1. The zero-order chi connectivity index (χ0) is 15.1. The van der Waals surface area contributed by atoms with E-state index in [1.807, 2.05) is 0 Å². The van der Waals surface area contributed by atoms with Crippen molar-refractivity contribution in [2.24, 2.45) is 11.1 Å². The maximum Gasteiger partial charge on any atom is 0.410 e. The first-order valence-electron chi connectivity index (χ1n) is 5.74. The highest BCUT2D eigenvalue weighted by Gasteiger charge is 2.63. The predicted octanol–water partition coefficient (Wildman–Crippen LogP) is 1.66. The summed E-state index contributed by atoms with van der Waals surface area (Å²) in [5, 5.41) is 0. The molecule has 1 rings (SSSR count). The van der Waals surface area contributed by atoms with Crippen molar-refractivity contribution in [2.45, 2.75) is 39.0 Å². The summed E-state index contributed by atoms with van der Waals surface area (Å²) < 4.78 is 43.9. The molecule has 110 valence electrons. The van der Waals surface area contributed by atoms with Gasteiger partial charge in [-0.1, -0.05) is 0 Å². The second-order valence-electron chi connectivity index (χ2n) is 5.60. The number of rotatable bonds is 1. The van der Waals surface area contributed by atoms with Crippen molar-refractivity contribution in [1.82, 2.24) is 4.90 Å². The molecule has 2 amide bonds. The van der Waals surface area contributed by atoms with Gasteiger partial charge in [-0.3, -0.25) is 4.79 Å². The van der Waals surface area contributed by atoms with Gasteiger partial charge in [-0.05, 0) is 27.2 Å². The van der Waals surface area contributed by atoms with Gasteiger partial charge in [0.15, 0.2) is 5.41 Å². The van der Waals surface area contributed by atoms with Gasteiger partial charge in [0.25, 0.3) is 0 Å². The lowest BCUT2D eigenvalue weighted by Crippen LogP contribution is -2.51. The molecular weight excluding hydrogens is 265 g/mol. The smallest absolute Gasteiger partial charge is 0.410 e. The van der Waals surface area contributed by atoms with Gasteiger partial charge < -0.3 is 15.4 Å². The molecule has 1 atom stereocenters. The Morgan fingerprint density at radius 2 is 1.79 bits per heavy atom. The number of amides is 2. The van der Waals surface area contributed by atoms with Gasteiger partial charge in [0.1, 0.15) is 5.60 Å². The van der Waals surface area contributed by atoms with Crippen LogP contribution < -0.4 is 5.73 Å². The van der Waals surface area contributed by atoms with Crippen LogP contribution in [0.15, 0.2) is 0 Å². The van der Waals surface area contributed by atoms with E-state index >= 15 is 0 Å². The van der Waals surface area contributed by atoms with Crippen molar-refractivity contribution >= 4 is 12.0 Å². The number of alkyl halides is 3. The van der Waals surface area contributed by atoms with Crippen molar-refractivity contribution in [3.05, 3.63) is 0 Å². The van der Waals surface area contributed by atoms with E-state index in [1.165, 1.54) is 0 Å². The maximum atomic E-state index is 13.0. The molecule has 0 aliphatic carbocycles. The van der Waals surface area contributed by atoms with Gasteiger partial charge in [-0.15, -0.1) is 0 Å². The van der Waals surface area contributed by atoms with Gasteiger partial charge >= 0.3 is 12.3 Å². The Bertz CT molecular complexity index is 390. The van der Waals surface area contributed by atoms with Crippen molar-refractivity contribution < 1.29 is 27.5 Å². The average molecular weight is 282 g/mol. The molecule has 1 heterocycles. The molecule has 1 fully saturated rings. The number of halogens is 3. The van der Waals surface area contributed by atoms with Gasteiger partial charge in [-0.2, -0.15) is 13.2 Å². The summed E-state index contributed by atoms with van der Waals surface area (Å²) in [4.78, 5) is 23.7. The fraction of sp³-hybridized carbons (Fsp3) is 0.818. The molecule has 2 N–H and O–H groups in total. The number of nitrogens with zero attached hydrogens (tertiary/aromatic N) is 1. The van der Waals surface area contributed by atoms with Crippen LogP contribution in [0.25, 0.3) is 0 Å². The first-order valence-corrected chi connectivity index (χ1v) is 5.74. The topological polar surface area (TPSA) is 72.6 Å². The van der Waals surface area contributed by atoms with E-state index in [4.69, 9.17) is 10.5 Å². The number of hydrogen-bond donors (Lipinski definition) is 1. The molecular formula is C11H17F3N2O3. The van der Waals surface area contributed by atoms with Crippen LogP contribution in [0, 0.1) is 5.41 Å². The molecule has 19 heavy (non-hydrogen) atoms. The van der Waals surface area contributed by atoms with Crippen LogP contribution in [0.2, 0.25) is 0 Å². The second kappa shape index (κ2) is 4.57. The molecule has 0 bridgehead atoms. The number of carbonyl (C=O) groups excluding carboxylic acids is 2. The second-order valence-corrected chi connectivity index (χ2v) is 5.60. The van der Waals surface area contributed by atoms with E-state index in [0.29, 0.717) is 0 Å². The molecule has 1 saturated heterocycles. The Morgan fingerprint density at radius 1 is 1.26 bits per heavy atom. The molecule has 1 aliphatic heterocycles. The van der Waals surface area contributed by atoms with Crippen LogP contribution in [0.3, 0.4) is 0 Å². The summed E-state index contributed by atoms with van der Waals surface area (Å²) in [5.41, 5.74) is 1.38. The van der Waals surface area contributed by atoms with Crippen LogP contribution in [0.4, 0.5) is 18.0 Å². The third kappa shape index (κ3) is 3.10. The number of ether oxygens (including phenoxy) is 1. The third-order valence-electron chi connectivity index (χ3n) is 2.94. The Hall–Kier alpha value is -1.47. The number of likely N-dealkylation sites (tertiary alicyclic amines) is 1. The first-order chi connectivity index (χ1) is 8.39. The van der Waals surface area contributed by atoms with Gasteiger partial charge in [0.05, 0.1) is 0 Å². The highest BCUT2D eigenvalue weighted by molar-refractivity contribution is 5.83. The summed E-state index contributed by atoms with van der Waals surface area (Å²) in [5.74, 6) is -1.47. The van der Waals surface area contributed by atoms with Gasteiger partial charge in [0, 0.05) is 13.1 Å². The zero-order valence-electron chi connectivity index (χ0n) is 11.0. The summed E-state index contributed by atoms with van der Waals surface area (Å²) in [6.45, 7) is 3.81. The van der Waals surface area contributed by atoms with Crippen LogP contribution in [-0.2, 0) is 9.53 Å². The summed E-state index contributed by atoms with van der Waals surface area (Å²) in [6.07, 6.45) is -6.19. The molecule has 1 unspecified atom stereocenters. The van der Waals surface area contributed by atoms with Crippen molar-refractivity contribution in [1.29, 1.82) is 0 Å². The highest BCUT2D eigenvalue weighted by atomic mass is 19.4. The highest BCUT2D eigenvalue weighted by Crippen LogP contribution is 2.45. The molecule has 8 heteroatoms. The van der Waals surface area contributed by atoms with Gasteiger partial charge in [0.2, 0.25) is 5.91 Å². The molecule has 0 spiro atoms. The first kappa shape index (κ1) is 15.6. The predicted molar refractivity (Wildman–Crippen MR) is 60.1 cm³/mol. The number of carbonyl (C=O) groups is 2. The maximum absolute atomic E-state index is 13.0. The molecule has 0 aromatic rings. The molecule has 0 radical (unpaired) electrons. The lowest BCUT2D eigenvalue weighted by Gasteiger charge is -2.29. The number of hydrogen-bond acceptors (Lipinski definition) is 3. The molecule has 0 saturated carbocycles. The van der Waals surface area contributed by atoms with E-state index in [2.05, 4.69) is 0 Å². The standard InChI is InChI=1S/C11H17F3N2O3/c1-9(2,3)19-8(18)16-5-4-10(6-16,7(15)17)11(12,13)14/h4-6H2,1-3H3,(H2,15,17). The normalized spacial score (nSPS) is 24.4. The van der Waals surface area contributed by atoms with Crippen LogP contribution in [0.5, 0.6) is 0 Å². The van der Waals surface area contributed by atoms with Gasteiger partial charge in [-0.25, -0.2) is 4.79 Å². The fourth-order valence-corrected chi connectivity index (χ4v) is 1.86. The summed E-state index contributed by atoms with van der Waals surface area (Å²) >= 11 is 0. The Labute approximate surface area is 108 Å². The monoisotopic (exact) mass is 282 g/mol. The van der Waals surface area contributed by atoms with Crippen molar-refractivity contribution in [2.75, 3.05) is 13.1 Å². The minimum Gasteiger partial charge on any atom is -0.444 e. The largest absolute Gasteiger partial charge is 0.444 e. The van der Waals surface area contributed by atoms with E-state index in [1.54, 1.807) is 20.8 Å². The van der Waals surface area contributed by atoms with E-state index < -0.39 is 42.2 Å². The zero-order valence-corrected chi connectivity index (χ0v) is 11.0. The molecule has 1 aliphatic rings. The summed E-state index contributed by atoms with van der Waals surface area (Å²) in [6, 6.07) is 0. The third-order valence-corrected chi connectivity index (χ3v) is 2.94. The lowest BCUT2D eigenvalue weighted by atomic mass is 9.85. The van der Waals surface area contributed by atoms with Crippen LogP contribution in [0.1, 0.15) is 27.2 Å². The number of nitrogens with two attached hydrogens (primary N) is 1. The van der Waals surface area contributed by atoms with Crippen molar-refractivity contribution in [3.8, 4) is 0 Å². The van der Waals surface area contributed by atoms with Crippen LogP contribution >= 0.6 is 0 Å². The molecule has 5 nitrogen and oxygen atoms in total. The van der Waals surface area contributed by atoms with E-state index in [9.17, 15) is 22.8 Å². The SMILES string of the molecule is CC(C)(C)OC(=O)N1CCC(C(N)=O)(C(F)(F)F)C1. The molecule has 0 aromatic carbocycles. The average Bonchev–Trinajstić information content (AvgIpc) is 2.58. The van der Waals surface area contributed by atoms with E-state index in [-0.39, 0.29) is 6.54 Å². The van der Waals surface area contributed by atoms with Crippen molar-refractivity contribution in [3.63, 3.8) is 0 Å². The van der Waals surface area contributed by atoms with E-state index in [0.717, 1.165) is 4.90 Å². The lowest BCUT2D eigenvalue weighted by molar-refractivity contribution is -0.215. The minimum absolute atomic E-state index is 0.211. The quantitative estimate of drug-likeness (QED) is 0.795. The fourth-order valence-electron chi connectivity index (χ4n) is 1.86. The minimum atomic E-state index is -4.78. The van der Waals surface area contributed by atoms with Crippen LogP contribution in [-0.4, -0.2) is 41.8 Å². The Morgan fingerprint density at radius 3 is 2.11 bits per heavy atom. The molecule has 0 aromatic heterocycles. The Kier molecular flexibility index (Phi) is 3.75. The summed E-state index contributed by atoms with van der Waals surface area (Å²) in [7, 11) is 0. The Balaban J connectivity index is 2.87.